The van der Waals surface area contributed by atoms with Crippen LogP contribution in [-0.4, -0.2) is 29.6 Å². The lowest BCUT2D eigenvalue weighted by molar-refractivity contribution is -0.131. The van der Waals surface area contributed by atoms with E-state index in [1.807, 2.05) is 0 Å². The lowest BCUT2D eigenvalue weighted by Gasteiger charge is -2.33. The van der Waals surface area contributed by atoms with E-state index in [9.17, 15) is 4.79 Å². The van der Waals surface area contributed by atoms with Crippen LogP contribution in [-0.2, 0) is 4.79 Å². The van der Waals surface area contributed by atoms with Crippen molar-refractivity contribution in [2.45, 2.75) is 64.5 Å². The summed E-state index contributed by atoms with van der Waals surface area (Å²) in [4.78, 5) is 14.3. The van der Waals surface area contributed by atoms with Gasteiger partial charge in [0.25, 0.3) is 0 Å². The molecule has 92 valence electrons. The molecule has 1 aliphatic carbocycles. The minimum Gasteiger partial charge on any atom is -0.326 e. The van der Waals surface area contributed by atoms with E-state index in [0.29, 0.717) is 11.9 Å². The van der Waals surface area contributed by atoms with Crippen LogP contribution in [0.3, 0.4) is 0 Å². The van der Waals surface area contributed by atoms with Crippen molar-refractivity contribution >= 4 is 5.91 Å². The molecule has 2 fully saturated rings. The number of nitrogens with zero attached hydrogens (tertiary/aromatic N) is 1. The number of hydrogen-bond donors (Lipinski definition) is 1. The molecule has 1 amide bonds. The third kappa shape index (κ3) is 2.40. The molecule has 3 atom stereocenters. The summed E-state index contributed by atoms with van der Waals surface area (Å²) in [7, 11) is 0. The normalized spacial score (nSPS) is 35.8. The standard InChI is InChI=1S/C13H24N2O/c1-3-5-12-13(16)15(9-14-12)11-7-4-6-10(2)8-11/h10-12,14H,3-9H2,1-2H3. The first-order chi connectivity index (χ1) is 7.72. The van der Waals surface area contributed by atoms with Crippen LogP contribution in [0.4, 0.5) is 0 Å². The third-order valence-corrected chi connectivity index (χ3v) is 4.02. The predicted octanol–water partition coefficient (Wildman–Crippen LogP) is 2.12. The quantitative estimate of drug-likeness (QED) is 0.796. The summed E-state index contributed by atoms with van der Waals surface area (Å²) in [6.45, 7) is 5.23. The zero-order valence-corrected chi connectivity index (χ0v) is 10.5. The molecule has 1 N–H and O–H groups in total. The Hall–Kier alpha value is -0.570. The Bertz CT molecular complexity index is 254. The largest absolute Gasteiger partial charge is 0.326 e. The minimum atomic E-state index is 0.0993. The topological polar surface area (TPSA) is 32.3 Å². The van der Waals surface area contributed by atoms with Gasteiger partial charge in [-0.05, 0) is 25.2 Å². The zero-order valence-electron chi connectivity index (χ0n) is 10.5. The number of carbonyl (C=O) groups is 1. The molecule has 3 nitrogen and oxygen atoms in total. The molecule has 3 heteroatoms. The van der Waals surface area contributed by atoms with Crippen molar-refractivity contribution in [2.24, 2.45) is 5.92 Å². The van der Waals surface area contributed by atoms with Crippen LogP contribution >= 0.6 is 0 Å². The van der Waals surface area contributed by atoms with E-state index in [1.165, 1.54) is 25.7 Å². The molecule has 16 heavy (non-hydrogen) atoms. The second-order valence-corrected chi connectivity index (χ2v) is 5.44. The molecule has 1 saturated carbocycles. The number of amides is 1. The summed E-state index contributed by atoms with van der Waals surface area (Å²) >= 11 is 0. The molecule has 1 saturated heterocycles. The van der Waals surface area contributed by atoms with Crippen LogP contribution in [0.1, 0.15) is 52.4 Å². The first-order valence-corrected chi connectivity index (χ1v) is 6.76. The van der Waals surface area contributed by atoms with E-state index < -0.39 is 0 Å². The van der Waals surface area contributed by atoms with Gasteiger partial charge in [-0.15, -0.1) is 0 Å². The fourth-order valence-corrected chi connectivity index (χ4v) is 3.08. The second kappa shape index (κ2) is 5.17. The SMILES string of the molecule is CCCC1NCN(C2CCCC(C)C2)C1=O. The molecule has 0 aromatic carbocycles. The van der Waals surface area contributed by atoms with Crippen LogP contribution in [0, 0.1) is 5.92 Å². The van der Waals surface area contributed by atoms with Crippen molar-refractivity contribution in [1.29, 1.82) is 0 Å². The maximum Gasteiger partial charge on any atom is 0.241 e. The Morgan fingerprint density at radius 2 is 2.25 bits per heavy atom. The highest BCUT2D eigenvalue weighted by atomic mass is 16.2. The lowest BCUT2D eigenvalue weighted by Crippen LogP contribution is -2.41. The van der Waals surface area contributed by atoms with Crippen molar-refractivity contribution in [2.75, 3.05) is 6.67 Å². The molecule has 0 spiro atoms. The third-order valence-electron chi connectivity index (χ3n) is 4.02. The molecule has 2 rings (SSSR count). The van der Waals surface area contributed by atoms with Gasteiger partial charge >= 0.3 is 0 Å². The van der Waals surface area contributed by atoms with Crippen LogP contribution in [0.2, 0.25) is 0 Å². The van der Waals surface area contributed by atoms with E-state index in [2.05, 4.69) is 24.1 Å². The number of carbonyl (C=O) groups excluding carboxylic acids is 1. The Morgan fingerprint density at radius 3 is 2.94 bits per heavy atom. The van der Waals surface area contributed by atoms with Crippen LogP contribution < -0.4 is 5.32 Å². The van der Waals surface area contributed by atoms with Crippen molar-refractivity contribution in [1.82, 2.24) is 10.2 Å². The van der Waals surface area contributed by atoms with E-state index in [4.69, 9.17) is 0 Å². The van der Waals surface area contributed by atoms with Gasteiger partial charge in [-0.3, -0.25) is 10.1 Å². The Morgan fingerprint density at radius 1 is 1.44 bits per heavy atom. The Kier molecular flexibility index (Phi) is 3.85. The van der Waals surface area contributed by atoms with E-state index >= 15 is 0 Å². The Labute approximate surface area is 98.6 Å². The first kappa shape index (κ1) is 11.9. The van der Waals surface area contributed by atoms with Gasteiger partial charge in [0.2, 0.25) is 5.91 Å². The first-order valence-electron chi connectivity index (χ1n) is 6.76. The van der Waals surface area contributed by atoms with Crippen molar-refractivity contribution in [3.05, 3.63) is 0 Å². The second-order valence-electron chi connectivity index (χ2n) is 5.44. The highest BCUT2D eigenvalue weighted by Gasteiger charge is 2.36. The summed E-state index contributed by atoms with van der Waals surface area (Å²) in [6, 6.07) is 0.604. The van der Waals surface area contributed by atoms with Gasteiger partial charge in [0.15, 0.2) is 0 Å². The van der Waals surface area contributed by atoms with Crippen molar-refractivity contribution in [3.63, 3.8) is 0 Å². The predicted molar refractivity (Wildman–Crippen MR) is 65.0 cm³/mol. The zero-order chi connectivity index (χ0) is 11.5. The monoisotopic (exact) mass is 224 g/mol. The molecule has 0 aromatic heterocycles. The number of hydrogen-bond acceptors (Lipinski definition) is 2. The molecular formula is C13H24N2O. The molecular weight excluding hydrogens is 200 g/mol. The van der Waals surface area contributed by atoms with Gasteiger partial charge in [0.1, 0.15) is 0 Å². The summed E-state index contributed by atoms with van der Waals surface area (Å²) in [5.41, 5.74) is 0. The highest BCUT2D eigenvalue weighted by Crippen LogP contribution is 2.28. The number of rotatable bonds is 3. The van der Waals surface area contributed by atoms with Crippen molar-refractivity contribution in [3.8, 4) is 0 Å². The molecule has 0 aromatic rings. The number of nitrogens with one attached hydrogen (secondary N) is 1. The van der Waals surface area contributed by atoms with Crippen LogP contribution in [0.5, 0.6) is 0 Å². The maximum atomic E-state index is 12.2. The average molecular weight is 224 g/mol. The molecule has 1 heterocycles. The van der Waals surface area contributed by atoms with Gasteiger partial charge in [0.05, 0.1) is 12.7 Å². The highest BCUT2D eigenvalue weighted by molar-refractivity contribution is 5.84. The molecule has 0 radical (unpaired) electrons. The van der Waals surface area contributed by atoms with Crippen LogP contribution in [0.25, 0.3) is 0 Å². The smallest absolute Gasteiger partial charge is 0.241 e. The Balaban J connectivity index is 1.92. The fourth-order valence-electron chi connectivity index (χ4n) is 3.08. The minimum absolute atomic E-state index is 0.0993. The molecule has 1 aliphatic heterocycles. The van der Waals surface area contributed by atoms with Gasteiger partial charge < -0.3 is 4.90 Å². The summed E-state index contributed by atoms with van der Waals surface area (Å²) < 4.78 is 0. The van der Waals surface area contributed by atoms with E-state index in [-0.39, 0.29) is 6.04 Å². The van der Waals surface area contributed by atoms with Gasteiger partial charge in [-0.25, -0.2) is 0 Å². The fraction of sp³-hybridized carbons (Fsp3) is 0.923. The van der Waals surface area contributed by atoms with E-state index in [1.54, 1.807) is 0 Å². The molecule has 3 unspecified atom stereocenters. The summed E-state index contributed by atoms with van der Waals surface area (Å²) in [5, 5.41) is 3.35. The van der Waals surface area contributed by atoms with Gasteiger partial charge in [-0.2, -0.15) is 0 Å². The molecule has 2 aliphatic rings. The summed E-state index contributed by atoms with van der Waals surface area (Å²) in [5.74, 6) is 1.14. The maximum absolute atomic E-state index is 12.2. The van der Waals surface area contributed by atoms with Crippen LogP contribution in [0.15, 0.2) is 0 Å². The molecule has 0 bridgehead atoms. The van der Waals surface area contributed by atoms with E-state index in [0.717, 1.165) is 25.4 Å². The average Bonchev–Trinajstić information content (AvgIpc) is 2.61. The van der Waals surface area contributed by atoms with Crippen molar-refractivity contribution < 1.29 is 4.79 Å². The van der Waals surface area contributed by atoms with Gasteiger partial charge in [-0.1, -0.05) is 33.1 Å². The summed E-state index contributed by atoms with van der Waals surface area (Å²) in [6.07, 6.45) is 7.09. The van der Waals surface area contributed by atoms with Gasteiger partial charge in [0, 0.05) is 6.04 Å². The lowest BCUT2D eigenvalue weighted by atomic mass is 9.86.